The number of aryl methyl sites for hydroxylation is 4. The highest BCUT2D eigenvalue weighted by atomic mass is 15.0. The van der Waals surface area contributed by atoms with Gasteiger partial charge in [0.15, 0.2) is 0 Å². The maximum Gasteiger partial charge on any atom is 0.0196 e. The van der Waals surface area contributed by atoms with Crippen molar-refractivity contribution in [3.63, 3.8) is 0 Å². The molecule has 0 aliphatic rings. The summed E-state index contributed by atoms with van der Waals surface area (Å²) in [5, 5.41) is 0. The molecule has 0 amide bonds. The number of hydrogen-bond donors (Lipinski definition) is 0. The minimum Gasteiger partial charge on any atom is -0.349 e. The quantitative estimate of drug-likeness (QED) is 0.740. The minimum atomic E-state index is 1.07. The number of aromatic nitrogens is 1. The predicted octanol–water partition coefficient (Wildman–Crippen LogP) is 4.16. The Morgan fingerprint density at radius 1 is 0.833 bits per heavy atom. The lowest BCUT2D eigenvalue weighted by Crippen LogP contribution is -2.03. The molecule has 0 aliphatic carbocycles. The van der Waals surface area contributed by atoms with Crippen LogP contribution >= 0.6 is 0 Å². The molecule has 18 heavy (non-hydrogen) atoms. The largest absolute Gasteiger partial charge is 0.349 e. The van der Waals surface area contributed by atoms with Crippen molar-refractivity contribution in [1.29, 1.82) is 0 Å². The van der Waals surface area contributed by atoms with Gasteiger partial charge in [-0.2, -0.15) is 0 Å². The minimum absolute atomic E-state index is 1.07. The summed E-state index contributed by atoms with van der Waals surface area (Å²) in [5.74, 6) is 0. The van der Waals surface area contributed by atoms with Crippen molar-refractivity contribution >= 4 is 0 Å². The van der Waals surface area contributed by atoms with Gasteiger partial charge in [0.1, 0.15) is 0 Å². The highest BCUT2D eigenvalue weighted by Crippen LogP contribution is 2.13. The van der Waals surface area contributed by atoms with E-state index in [0.29, 0.717) is 0 Å². The molecule has 0 radical (unpaired) electrons. The fraction of sp³-hybridized carbons (Fsp3) is 0.412. The van der Waals surface area contributed by atoms with Crippen LogP contribution in [0.5, 0.6) is 0 Å². The average Bonchev–Trinajstić information content (AvgIpc) is 2.77. The molecule has 0 fully saturated rings. The molecule has 0 unspecified atom stereocenters. The summed E-state index contributed by atoms with van der Waals surface area (Å²) in [7, 11) is 0. The van der Waals surface area contributed by atoms with Crippen molar-refractivity contribution in [2.75, 3.05) is 0 Å². The van der Waals surface area contributed by atoms with Gasteiger partial charge in [-0.15, -0.1) is 0 Å². The lowest BCUT2D eigenvalue weighted by atomic mass is 10.1. The first-order chi connectivity index (χ1) is 8.74. The standard InChI is InChI=1S/C17H23N/c1-4-15-7-9-16(10-8-15)11-13-17-12-6-14(3)18(17)5-2/h6-10,12H,4-5,11,13H2,1-3H3. The first-order valence-electron chi connectivity index (χ1n) is 6.97. The van der Waals surface area contributed by atoms with E-state index < -0.39 is 0 Å². The molecule has 0 spiro atoms. The van der Waals surface area contributed by atoms with E-state index in [1.807, 2.05) is 0 Å². The molecular weight excluding hydrogens is 218 g/mol. The lowest BCUT2D eigenvalue weighted by molar-refractivity contribution is 0.687. The average molecular weight is 241 g/mol. The second kappa shape index (κ2) is 5.90. The summed E-state index contributed by atoms with van der Waals surface area (Å²) >= 11 is 0. The molecule has 0 aliphatic heterocycles. The van der Waals surface area contributed by atoms with Gasteiger partial charge >= 0.3 is 0 Å². The fourth-order valence-electron chi connectivity index (χ4n) is 2.51. The third-order valence-electron chi connectivity index (χ3n) is 3.71. The van der Waals surface area contributed by atoms with Crippen LogP contribution in [0.2, 0.25) is 0 Å². The number of rotatable bonds is 5. The van der Waals surface area contributed by atoms with Crippen LogP contribution in [0.4, 0.5) is 0 Å². The fourth-order valence-corrected chi connectivity index (χ4v) is 2.51. The van der Waals surface area contributed by atoms with Gasteiger partial charge in [0.05, 0.1) is 0 Å². The summed E-state index contributed by atoms with van der Waals surface area (Å²) in [6, 6.07) is 13.5. The molecule has 0 N–H and O–H groups in total. The van der Waals surface area contributed by atoms with Crippen molar-refractivity contribution < 1.29 is 0 Å². The SMILES string of the molecule is CCc1ccc(CCc2ccc(C)n2CC)cc1. The van der Waals surface area contributed by atoms with Crippen molar-refractivity contribution in [3.05, 3.63) is 58.9 Å². The highest BCUT2D eigenvalue weighted by molar-refractivity contribution is 5.24. The Hall–Kier alpha value is -1.50. The Bertz CT molecular complexity index is 491. The second-order valence-electron chi connectivity index (χ2n) is 4.88. The number of benzene rings is 1. The summed E-state index contributed by atoms with van der Waals surface area (Å²) in [6.07, 6.45) is 3.39. The van der Waals surface area contributed by atoms with Crippen LogP contribution in [0.3, 0.4) is 0 Å². The van der Waals surface area contributed by atoms with E-state index in [1.54, 1.807) is 0 Å². The Morgan fingerprint density at radius 2 is 1.50 bits per heavy atom. The Labute approximate surface area is 110 Å². The first-order valence-corrected chi connectivity index (χ1v) is 6.97. The topological polar surface area (TPSA) is 4.93 Å². The summed E-state index contributed by atoms with van der Waals surface area (Å²) < 4.78 is 2.40. The predicted molar refractivity (Wildman–Crippen MR) is 78.1 cm³/mol. The van der Waals surface area contributed by atoms with Gasteiger partial charge in [-0.05, 0) is 56.4 Å². The Morgan fingerprint density at radius 3 is 2.11 bits per heavy atom. The van der Waals surface area contributed by atoms with E-state index >= 15 is 0 Å². The molecule has 1 heterocycles. The van der Waals surface area contributed by atoms with Crippen LogP contribution in [0.15, 0.2) is 36.4 Å². The molecule has 0 saturated heterocycles. The smallest absolute Gasteiger partial charge is 0.0196 e. The zero-order valence-corrected chi connectivity index (χ0v) is 11.7. The number of hydrogen-bond acceptors (Lipinski definition) is 0. The van der Waals surface area contributed by atoms with Gasteiger partial charge in [0.25, 0.3) is 0 Å². The summed E-state index contributed by atoms with van der Waals surface area (Å²) in [4.78, 5) is 0. The number of nitrogens with zero attached hydrogens (tertiary/aromatic N) is 1. The monoisotopic (exact) mass is 241 g/mol. The van der Waals surface area contributed by atoms with E-state index in [0.717, 1.165) is 25.8 Å². The summed E-state index contributed by atoms with van der Waals surface area (Å²) in [5.41, 5.74) is 5.68. The van der Waals surface area contributed by atoms with E-state index in [-0.39, 0.29) is 0 Å². The van der Waals surface area contributed by atoms with Crippen molar-refractivity contribution in [1.82, 2.24) is 4.57 Å². The van der Waals surface area contributed by atoms with Crippen LogP contribution in [0, 0.1) is 6.92 Å². The molecule has 0 atom stereocenters. The molecule has 0 bridgehead atoms. The van der Waals surface area contributed by atoms with Gasteiger partial charge in [-0.1, -0.05) is 31.2 Å². The highest BCUT2D eigenvalue weighted by Gasteiger charge is 2.03. The van der Waals surface area contributed by atoms with E-state index in [2.05, 4.69) is 61.7 Å². The van der Waals surface area contributed by atoms with Crippen LogP contribution in [0.25, 0.3) is 0 Å². The van der Waals surface area contributed by atoms with Crippen LogP contribution in [0.1, 0.15) is 36.4 Å². The molecule has 1 aromatic carbocycles. The molecular formula is C17H23N. The molecule has 1 aromatic heterocycles. The molecule has 96 valence electrons. The molecule has 1 heteroatoms. The maximum atomic E-state index is 2.40. The third kappa shape index (κ3) is 2.84. The third-order valence-corrected chi connectivity index (χ3v) is 3.71. The normalized spacial score (nSPS) is 10.8. The van der Waals surface area contributed by atoms with Gasteiger partial charge < -0.3 is 4.57 Å². The molecule has 1 nitrogen and oxygen atoms in total. The van der Waals surface area contributed by atoms with E-state index in [4.69, 9.17) is 0 Å². The van der Waals surface area contributed by atoms with Crippen LogP contribution < -0.4 is 0 Å². The van der Waals surface area contributed by atoms with Gasteiger partial charge in [0, 0.05) is 17.9 Å². The summed E-state index contributed by atoms with van der Waals surface area (Å²) in [6.45, 7) is 7.67. The van der Waals surface area contributed by atoms with Crippen molar-refractivity contribution in [2.24, 2.45) is 0 Å². The van der Waals surface area contributed by atoms with Gasteiger partial charge in [0.2, 0.25) is 0 Å². The van der Waals surface area contributed by atoms with Crippen LogP contribution in [-0.4, -0.2) is 4.57 Å². The second-order valence-corrected chi connectivity index (χ2v) is 4.88. The Balaban J connectivity index is 2.02. The van der Waals surface area contributed by atoms with E-state index in [1.165, 1.54) is 22.5 Å². The lowest BCUT2D eigenvalue weighted by Gasteiger charge is -2.09. The zero-order valence-electron chi connectivity index (χ0n) is 11.7. The Kier molecular flexibility index (Phi) is 4.24. The van der Waals surface area contributed by atoms with Gasteiger partial charge in [-0.3, -0.25) is 0 Å². The first kappa shape index (κ1) is 12.9. The van der Waals surface area contributed by atoms with E-state index in [9.17, 15) is 0 Å². The van der Waals surface area contributed by atoms with Crippen molar-refractivity contribution in [2.45, 2.75) is 46.6 Å². The molecule has 2 rings (SSSR count). The molecule has 2 aromatic rings. The maximum absolute atomic E-state index is 2.40. The van der Waals surface area contributed by atoms with Gasteiger partial charge in [-0.25, -0.2) is 0 Å². The van der Waals surface area contributed by atoms with Crippen molar-refractivity contribution in [3.8, 4) is 0 Å². The zero-order chi connectivity index (χ0) is 13.0. The van der Waals surface area contributed by atoms with Crippen LogP contribution in [-0.2, 0) is 25.8 Å². The molecule has 0 saturated carbocycles.